The minimum atomic E-state index is -0.891. The van der Waals surface area contributed by atoms with Gasteiger partial charge in [-0.2, -0.15) is 0 Å². The molecule has 0 aliphatic heterocycles. The Morgan fingerprint density at radius 3 is 2.71 bits per heavy atom. The van der Waals surface area contributed by atoms with Gasteiger partial charge in [-0.3, -0.25) is 4.79 Å². The third kappa shape index (κ3) is 8.71. The molecule has 78 valence electrons. The van der Waals surface area contributed by atoms with Gasteiger partial charge in [0.2, 0.25) is 0 Å². The van der Waals surface area contributed by atoms with E-state index in [4.69, 9.17) is 5.11 Å². The first-order valence-corrected chi connectivity index (χ1v) is 4.72. The van der Waals surface area contributed by atoms with Gasteiger partial charge in [0, 0.05) is 12.5 Å². The SMILES string of the molecule is CC=CC(=O)O.O=C1C=CCCCC1. The van der Waals surface area contributed by atoms with Crippen LogP contribution in [0.4, 0.5) is 0 Å². The van der Waals surface area contributed by atoms with Crippen LogP contribution in [0.5, 0.6) is 0 Å². The van der Waals surface area contributed by atoms with Crippen molar-refractivity contribution in [2.45, 2.75) is 32.6 Å². The van der Waals surface area contributed by atoms with Gasteiger partial charge in [0.1, 0.15) is 0 Å². The minimum absolute atomic E-state index is 0.294. The minimum Gasteiger partial charge on any atom is -0.478 e. The van der Waals surface area contributed by atoms with Crippen LogP contribution in [0, 0.1) is 0 Å². The van der Waals surface area contributed by atoms with E-state index in [1.165, 1.54) is 12.5 Å². The van der Waals surface area contributed by atoms with E-state index in [2.05, 4.69) is 0 Å². The molecule has 1 N–H and O–H groups in total. The maximum atomic E-state index is 10.6. The molecule has 1 aliphatic rings. The molecule has 1 rings (SSSR count). The van der Waals surface area contributed by atoms with Crippen LogP contribution >= 0.6 is 0 Å². The van der Waals surface area contributed by atoms with Crippen molar-refractivity contribution in [3.05, 3.63) is 24.3 Å². The van der Waals surface area contributed by atoms with Crippen LogP contribution in [-0.2, 0) is 9.59 Å². The fourth-order valence-electron chi connectivity index (χ4n) is 1.00. The average Bonchev–Trinajstić information content (AvgIpc) is 2.33. The highest BCUT2D eigenvalue weighted by Gasteiger charge is 1.98. The molecule has 3 heteroatoms. The van der Waals surface area contributed by atoms with Crippen molar-refractivity contribution in [2.24, 2.45) is 0 Å². The molecular weight excluding hydrogens is 180 g/mol. The fraction of sp³-hybridized carbons (Fsp3) is 0.455. The molecule has 0 saturated heterocycles. The second-order valence-electron chi connectivity index (χ2n) is 2.95. The number of allylic oxidation sites excluding steroid dienone is 3. The summed E-state index contributed by atoms with van der Waals surface area (Å²) in [7, 11) is 0. The number of carbonyl (C=O) groups excluding carboxylic acids is 1. The van der Waals surface area contributed by atoms with Gasteiger partial charge in [-0.05, 0) is 32.3 Å². The highest BCUT2D eigenvalue weighted by molar-refractivity contribution is 5.89. The number of aliphatic carboxylic acids is 1. The maximum absolute atomic E-state index is 10.6. The van der Waals surface area contributed by atoms with E-state index in [0.717, 1.165) is 25.3 Å². The van der Waals surface area contributed by atoms with Crippen LogP contribution in [0.1, 0.15) is 32.6 Å². The molecule has 0 heterocycles. The average molecular weight is 196 g/mol. The molecule has 1 aliphatic carbocycles. The van der Waals surface area contributed by atoms with Crippen LogP contribution in [0.25, 0.3) is 0 Å². The van der Waals surface area contributed by atoms with Gasteiger partial charge in [-0.15, -0.1) is 0 Å². The highest BCUT2D eigenvalue weighted by atomic mass is 16.4. The van der Waals surface area contributed by atoms with Gasteiger partial charge in [0.15, 0.2) is 5.78 Å². The lowest BCUT2D eigenvalue weighted by Crippen LogP contribution is -1.87. The Balaban J connectivity index is 0.000000255. The topological polar surface area (TPSA) is 54.4 Å². The molecule has 0 amide bonds. The van der Waals surface area contributed by atoms with Crippen molar-refractivity contribution in [3.63, 3.8) is 0 Å². The number of hydrogen-bond donors (Lipinski definition) is 1. The Labute approximate surface area is 84.1 Å². The number of ketones is 1. The summed E-state index contributed by atoms with van der Waals surface area (Å²) >= 11 is 0. The Morgan fingerprint density at radius 2 is 2.21 bits per heavy atom. The van der Waals surface area contributed by atoms with Crippen LogP contribution < -0.4 is 0 Å². The van der Waals surface area contributed by atoms with Gasteiger partial charge in [0.25, 0.3) is 0 Å². The maximum Gasteiger partial charge on any atom is 0.327 e. The van der Waals surface area contributed by atoms with Crippen LogP contribution in [0.3, 0.4) is 0 Å². The molecule has 0 atom stereocenters. The molecule has 0 aromatic carbocycles. The molecule has 0 spiro atoms. The van der Waals surface area contributed by atoms with Gasteiger partial charge in [-0.25, -0.2) is 4.79 Å². The van der Waals surface area contributed by atoms with Crippen LogP contribution in [0.15, 0.2) is 24.3 Å². The first kappa shape index (κ1) is 12.6. The van der Waals surface area contributed by atoms with E-state index < -0.39 is 5.97 Å². The van der Waals surface area contributed by atoms with Gasteiger partial charge in [-0.1, -0.05) is 12.2 Å². The fourth-order valence-corrected chi connectivity index (χ4v) is 1.00. The molecule has 0 unspecified atom stereocenters. The lowest BCUT2D eigenvalue weighted by atomic mass is 10.2. The Hall–Kier alpha value is -1.38. The van der Waals surface area contributed by atoms with E-state index in [1.54, 1.807) is 13.0 Å². The third-order valence-corrected chi connectivity index (χ3v) is 1.66. The third-order valence-electron chi connectivity index (χ3n) is 1.66. The quantitative estimate of drug-likeness (QED) is 0.655. The molecular formula is C11H16O3. The molecule has 0 fully saturated rings. The Kier molecular flexibility index (Phi) is 7.42. The summed E-state index contributed by atoms with van der Waals surface area (Å²) in [5.74, 6) is -0.597. The number of carboxylic acids is 1. The van der Waals surface area contributed by atoms with Crippen LogP contribution in [0.2, 0.25) is 0 Å². The Bertz CT molecular complexity index is 239. The van der Waals surface area contributed by atoms with E-state index in [9.17, 15) is 9.59 Å². The first-order chi connectivity index (χ1) is 6.66. The summed E-state index contributed by atoms with van der Waals surface area (Å²) in [6.45, 7) is 1.66. The summed E-state index contributed by atoms with van der Waals surface area (Å²) in [5.41, 5.74) is 0. The molecule has 14 heavy (non-hydrogen) atoms. The van der Waals surface area contributed by atoms with Gasteiger partial charge < -0.3 is 5.11 Å². The molecule has 3 nitrogen and oxygen atoms in total. The van der Waals surface area contributed by atoms with Crippen molar-refractivity contribution in [1.29, 1.82) is 0 Å². The highest BCUT2D eigenvalue weighted by Crippen LogP contribution is 2.06. The summed E-state index contributed by atoms with van der Waals surface area (Å²) in [6, 6.07) is 0. The molecule has 0 bridgehead atoms. The van der Waals surface area contributed by atoms with Crippen LogP contribution in [-0.4, -0.2) is 16.9 Å². The van der Waals surface area contributed by atoms with E-state index in [1.807, 2.05) is 6.08 Å². The number of carbonyl (C=O) groups is 2. The summed E-state index contributed by atoms with van der Waals surface area (Å²) < 4.78 is 0. The smallest absolute Gasteiger partial charge is 0.327 e. The predicted molar refractivity (Wildman–Crippen MR) is 55.1 cm³/mol. The second-order valence-corrected chi connectivity index (χ2v) is 2.95. The van der Waals surface area contributed by atoms with Crippen molar-refractivity contribution in [3.8, 4) is 0 Å². The van der Waals surface area contributed by atoms with E-state index >= 15 is 0 Å². The zero-order valence-corrected chi connectivity index (χ0v) is 8.40. The lowest BCUT2D eigenvalue weighted by Gasteiger charge is -1.86. The first-order valence-electron chi connectivity index (χ1n) is 4.72. The zero-order valence-electron chi connectivity index (χ0n) is 8.40. The summed E-state index contributed by atoms with van der Waals surface area (Å²) in [6.07, 6.45) is 10.3. The van der Waals surface area contributed by atoms with Gasteiger partial charge >= 0.3 is 5.97 Å². The van der Waals surface area contributed by atoms with Crippen molar-refractivity contribution in [2.75, 3.05) is 0 Å². The lowest BCUT2D eigenvalue weighted by molar-refractivity contribution is -0.131. The predicted octanol–water partition coefficient (Wildman–Crippen LogP) is 2.33. The molecule has 0 aromatic rings. The van der Waals surface area contributed by atoms with Gasteiger partial charge in [0.05, 0.1) is 0 Å². The van der Waals surface area contributed by atoms with Crippen molar-refractivity contribution in [1.82, 2.24) is 0 Å². The zero-order chi connectivity index (χ0) is 10.8. The number of carboxylic acid groups (broad SMARTS) is 1. The van der Waals surface area contributed by atoms with Crippen molar-refractivity contribution < 1.29 is 14.7 Å². The normalized spacial score (nSPS) is 15.9. The summed E-state index contributed by atoms with van der Waals surface area (Å²) in [5, 5.41) is 7.83. The summed E-state index contributed by atoms with van der Waals surface area (Å²) in [4.78, 5) is 20.1. The van der Waals surface area contributed by atoms with E-state index in [-0.39, 0.29) is 0 Å². The Morgan fingerprint density at radius 1 is 1.50 bits per heavy atom. The van der Waals surface area contributed by atoms with E-state index in [0.29, 0.717) is 5.78 Å². The monoisotopic (exact) mass is 196 g/mol. The number of hydrogen-bond acceptors (Lipinski definition) is 2. The second kappa shape index (κ2) is 8.23. The largest absolute Gasteiger partial charge is 0.478 e. The molecule has 0 saturated carbocycles. The standard InChI is InChI=1S/C7H10O.C4H6O2/c8-7-5-3-1-2-4-6-7;1-2-3-4(5)6/h3,5H,1-2,4,6H2;2-3H,1H3,(H,5,6). The number of rotatable bonds is 1. The molecule has 0 aromatic heterocycles. The van der Waals surface area contributed by atoms with Crippen molar-refractivity contribution >= 4 is 11.8 Å². The molecule has 0 radical (unpaired) electrons.